The molecule has 26 heavy (non-hydrogen) atoms. The van der Waals surface area contributed by atoms with E-state index < -0.39 is 11.7 Å². The summed E-state index contributed by atoms with van der Waals surface area (Å²) >= 11 is 0. The number of carbonyl (C=O) groups is 1. The zero-order chi connectivity index (χ0) is 18.7. The van der Waals surface area contributed by atoms with Gasteiger partial charge in [-0.1, -0.05) is 0 Å². The number of rotatable bonds is 2. The van der Waals surface area contributed by atoms with E-state index in [0.29, 0.717) is 44.0 Å². The minimum atomic E-state index is -4.39. The Morgan fingerprint density at radius 2 is 1.81 bits per heavy atom. The van der Waals surface area contributed by atoms with Crippen molar-refractivity contribution in [3.05, 3.63) is 53.5 Å². The molecule has 5 nitrogen and oxygen atoms in total. The second-order valence-corrected chi connectivity index (χ2v) is 6.22. The van der Waals surface area contributed by atoms with E-state index in [4.69, 9.17) is 0 Å². The summed E-state index contributed by atoms with van der Waals surface area (Å²) in [5, 5.41) is 0. The van der Waals surface area contributed by atoms with E-state index in [-0.39, 0.29) is 5.91 Å². The quantitative estimate of drug-likeness (QED) is 0.821. The minimum Gasteiger partial charge on any atom is -0.355 e. The van der Waals surface area contributed by atoms with Crippen LogP contribution in [0.3, 0.4) is 0 Å². The van der Waals surface area contributed by atoms with Crippen LogP contribution in [0.15, 0.2) is 36.7 Å². The lowest BCUT2D eigenvalue weighted by Gasteiger charge is -2.23. The normalized spacial score (nSPS) is 15.7. The van der Waals surface area contributed by atoms with Crippen LogP contribution in [0.25, 0.3) is 0 Å². The molecule has 1 amide bonds. The summed E-state index contributed by atoms with van der Waals surface area (Å²) < 4.78 is 38.0. The monoisotopic (exact) mass is 364 g/mol. The summed E-state index contributed by atoms with van der Waals surface area (Å²) in [7, 11) is 0. The number of aromatic nitrogens is 2. The lowest BCUT2D eigenvalue weighted by Crippen LogP contribution is -2.35. The zero-order valence-corrected chi connectivity index (χ0v) is 14.3. The van der Waals surface area contributed by atoms with Crippen LogP contribution < -0.4 is 4.90 Å². The molecule has 0 radical (unpaired) electrons. The average molecular weight is 364 g/mol. The van der Waals surface area contributed by atoms with Crippen molar-refractivity contribution in [3.8, 4) is 0 Å². The molecule has 0 spiro atoms. The van der Waals surface area contributed by atoms with E-state index in [2.05, 4.69) is 9.97 Å². The van der Waals surface area contributed by atoms with Gasteiger partial charge in [-0.2, -0.15) is 13.2 Å². The van der Waals surface area contributed by atoms with Crippen LogP contribution in [0.4, 0.5) is 19.0 Å². The number of amides is 1. The summed E-state index contributed by atoms with van der Waals surface area (Å²) in [5.41, 5.74) is 0.619. The molecule has 8 heteroatoms. The van der Waals surface area contributed by atoms with E-state index in [1.54, 1.807) is 23.2 Å². The van der Waals surface area contributed by atoms with Gasteiger partial charge in [0, 0.05) is 44.3 Å². The summed E-state index contributed by atoms with van der Waals surface area (Å²) in [6.45, 7) is 4.08. The predicted molar refractivity (Wildman–Crippen MR) is 90.9 cm³/mol. The lowest BCUT2D eigenvalue weighted by atomic mass is 10.2. The molecule has 0 bridgehead atoms. The average Bonchev–Trinajstić information content (AvgIpc) is 2.87. The predicted octanol–water partition coefficient (Wildman–Crippen LogP) is 3.16. The maximum atomic E-state index is 12.7. The van der Waals surface area contributed by atoms with Crippen molar-refractivity contribution in [2.75, 3.05) is 31.1 Å². The van der Waals surface area contributed by atoms with Crippen molar-refractivity contribution < 1.29 is 18.0 Å². The Balaban J connectivity index is 1.66. The lowest BCUT2D eigenvalue weighted by molar-refractivity contribution is -0.137. The highest BCUT2D eigenvalue weighted by atomic mass is 19.4. The molecule has 0 aromatic carbocycles. The molecule has 0 N–H and O–H groups in total. The van der Waals surface area contributed by atoms with Crippen molar-refractivity contribution in [3.63, 3.8) is 0 Å². The summed E-state index contributed by atoms with van der Waals surface area (Å²) in [6.07, 6.45) is -1.26. The zero-order valence-electron chi connectivity index (χ0n) is 14.3. The van der Waals surface area contributed by atoms with Gasteiger partial charge in [-0.05, 0) is 37.6 Å². The molecule has 1 saturated heterocycles. The Bertz CT molecular complexity index is 760. The number of pyridine rings is 2. The number of hydrogen-bond donors (Lipinski definition) is 0. The number of nitrogens with zero attached hydrogens (tertiary/aromatic N) is 4. The van der Waals surface area contributed by atoms with E-state index >= 15 is 0 Å². The van der Waals surface area contributed by atoms with Gasteiger partial charge in [-0.15, -0.1) is 0 Å². The largest absolute Gasteiger partial charge is 0.417 e. The molecule has 3 heterocycles. The van der Waals surface area contributed by atoms with Crippen molar-refractivity contribution in [2.24, 2.45) is 0 Å². The maximum Gasteiger partial charge on any atom is 0.417 e. The van der Waals surface area contributed by atoms with Crippen LogP contribution in [-0.4, -0.2) is 47.0 Å². The van der Waals surface area contributed by atoms with E-state index in [1.807, 2.05) is 11.8 Å². The second-order valence-electron chi connectivity index (χ2n) is 6.22. The molecule has 0 saturated carbocycles. The molecular weight excluding hydrogens is 345 g/mol. The molecule has 2 aromatic rings. The third-order valence-corrected chi connectivity index (χ3v) is 4.34. The van der Waals surface area contributed by atoms with Crippen LogP contribution in [0, 0.1) is 6.92 Å². The van der Waals surface area contributed by atoms with Crippen LogP contribution >= 0.6 is 0 Å². The Kier molecular flexibility index (Phi) is 5.11. The number of aryl methyl sites for hydroxylation is 1. The molecule has 138 valence electrons. The van der Waals surface area contributed by atoms with Crippen molar-refractivity contribution in [1.29, 1.82) is 0 Å². The fourth-order valence-corrected chi connectivity index (χ4v) is 2.87. The molecule has 2 aromatic heterocycles. The fourth-order valence-electron chi connectivity index (χ4n) is 2.87. The van der Waals surface area contributed by atoms with Crippen molar-refractivity contribution in [2.45, 2.75) is 19.5 Å². The maximum absolute atomic E-state index is 12.7. The Morgan fingerprint density at radius 1 is 1.00 bits per heavy atom. The van der Waals surface area contributed by atoms with Gasteiger partial charge in [0.25, 0.3) is 5.91 Å². The number of hydrogen-bond acceptors (Lipinski definition) is 4. The first-order valence-corrected chi connectivity index (χ1v) is 8.35. The second kappa shape index (κ2) is 7.31. The van der Waals surface area contributed by atoms with E-state index in [0.717, 1.165) is 18.0 Å². The van der Waals surface area contributed by atoms with Gasteiger partial charge in [-0.25, -0.2) is 4.98 Å². The highest BCUT2D eigenvalue weighted by Crippen LogP contribution is 2.29. The molecule has 3 rings (SSSR count). The van der Waals surface area contributed by atoms with Crippen LogP contribution in [0.1, 0.15) is 28.0 Å². The Labute approximate surface area is 149 Å². The highest BCUT2D eigenvalue weighted by Gasteiger charge is 2.31. The van der Waals surface area contributed by atoms with Gasteiger partial charge in [0.15, 0.2) is 0 Å². The van der Waals surface area contributed by atoms with Gasteiger partial charge in [0.05, 0.1) is 11.1 Å². The Morgan fingerprint density at radius 3 is 2.42 bits per heavy atom. The van der Waals surface area contributed by atoms with E-state index in [1.165, 1.54) is 6.07 Å². The highest BCUT2D eigenvalue weighted by molar-refractivity contribution is 5.94. The molecular formula is C18H19F3N4O. The molecule has 1 fully saturated rings. The number of halogens is 3. The first-order chi connectivity index (χ1) is 12.3. The standard InChI is InChI=1S/C18H19F3N4O/c1-13-3-4-14(11-22-13)17(26)25-8-2-7-24(9-10-25)16-6-5-15(12-23-16)18(19,20)21/h3-6,11-12H,2,7-10H2,1H3. The van der Waals surface area contributed by atoms with Crippen LogP contribution in [0.5, 0.6) is 0 Å². The topological polar surface area (TPSA) is 49.3 Å². The van der Waals surface area contributed by atoms with Gasteiger partial charge in [0.1, 0.15) is 5.82 Å². The SMILES string of the molecule is Cc1ccc(C(=O)N2CCCN(c3ccc(C(F)(F)F)cn3)CC2)cn1. The van der Waals surface area contributed by atoms with E-state index in [9.17, 15) is 18.0 Å². The van der Waals surface area contributed by atoms with Crippen molar-refractivity contribution in [1.82, 2.24) is 14.9 Å². The Hall–Kier alpha value is -2.64. The van der Waals surface area contributed by atoms with Gasteiger partial charge in [0.2, 0.25) is 0 Å². The van der Waals surface area contributed by atoms with Gasteiger partial charge in [-0.3, -0.25) is 9.78 Å². The third kappa shape index (κ3) is 4.12. The fraction of sp³-hybridized carbons (Fsp3) is 0.389. The first kappa shape index (κ1) is 18.2. The molecule has 0 unspecified atom stereocenters. The summed E-state index contributed by atoms with van der Waals surface area (Å²) in [5.74, 6) is 0.407. The van der Waals surface area contributed by atoms with Gasteiger partial charge >= 0.3 is 6.18 Å². The molecule has 0 aliphatic carbocycles. The summed E-state index contributed by atoms with van der Waals surface area (Å²) in [6, 6.07) is 5.96. The summed E-state index contributed by atoms with van der Waals surface area (Å²) in [4.78, 5) is 24.3. The third-order valence-electron chi connectivity index (χ3n) is 4.34. The van der Waals surface area contributed by atoms with Crippen LogP contribution in [-0.2, 0) is 6.18 Å². The first-order valence-electron chi connectivity index (χ1n) is 8.35. The van der Waals surface area contributed by atoms with Crippen LogP contribution in [0.2, 0.25) is 0 Å². The minimum absolute atomic E-state index is 0.0836. The number of carbonyl (C=O) groups excluding carboxylic acids is 1. The number of anilines is 1. The smallest absolute Gasteiger partial charge is 0.355 e. The molecule has 0 atom stereocenters. The molecule has 1 aliphatic heterocycles. The van der Waals surface area contributed by atoms with Crippen molar-refractivity contribution >= 4 is 11.7 Å². The molecule has 1 aliphatic rings. The number of alkyl halides is 3. The van der Waals surface area contributed by atoms with Gasteiger partial charge < -0.3 is 9.80 Å².